The summed E-state index contributed by atoms with van der Waals surface area (Å²) < 4.78 is 6.98. The fourth-order valence-corrected chi connectivity index (χ4v) is 5.06. The van der Waals surface area contributed by atoms with Gasteiger partial charge in [0.2, 0.25) is 0 Å². The number of nitrogens with one attached hydrogen (secondary N) is 1. The number of carbonyl (C=O) groups excluding carboxylic acids is 2. The second-order valence-electron chi connectivity index (χ2n) is 8.54. The molecule has 1 N–H and O–H groups in total. The lowest BCUT2D eigenvalue weighted by Gasteiger charge is -2.23. The van der Waals surface area contributed by atoms with Crippen molar-refractivity contribution in [3.8, 4) is 0 Å². The molecule has 1 aromatic carbocycles. The predicted molar refractivity (Wildman–Crippen MR) is 134 cm³/mol. The van der Waals surface area contributed by atoms with Crippen LogP contribution in [0.1, 0.15) is 69.8 Å². The first-order valence-electron chi connectivity index (χ1n) is 11.3. The Labute approximate surface area is 205 Å². The molecule has 34 heavy (non-hydrogen) atoms. The Kier molecular flexibility index (Phi) is 8.33. The van der Waals surface area contributed by atoms with Crippen LogP contribution in [-0.2, 0) is 11.3 Å². The number of thioether (sulfide) groups is 1. The molecule has 0 bridgehead atoms. The van der Waals surface area contributed by atoms with Crippen molar-refractivity contribution >= 4 is 23.5 Å². The molecule has 2 atom stereocenters. The number of hydrogen-bond donors (Lipinski definition) is 1. The van der Waals surface area contributed by atoms with Gasteiger partial charge in [-0.1, -0.05) is 49.0 Å². The van der Waals surface area contributed by atoms with Crippen LogP contribution in [0.4, 0.5) is 0 Å². The van der Waals surface area contributed by atoms with Gasteiger partial charge < -0.3 is 14.3 Å². The zero-order valence-electron chi connectivity index (χ0n) is 20.9. The summed E-state index contributed by atoms with van der Waals surface area (Å²) in [7, 11) is 5.40. The number of aromatic amines is 1. The Balaban J connectivity index is 1.93. The van der Waals surface area contributed by atoms with Gasteiger partial charge in [-0.2, -0.15) is 0 Å². The minimum Gasteiger partial charge on any atom is -0.465 e. The average molecular weight is 484 g/mol. The summed E-state index contributed by atoms with van der Waals surface area (Å²) in [5.74, 6) is 0.321. The maximum Gasteiger partial charge on any atom is 0.339 e. The van der Waals surface area contributed by atoms with Gasteiger partial charge in [0, 0.05) is 5.69 Å². The van der Waals surface area contributed by atoms with Crippen LogP contribution in [0, 0.1) is 13.8 Å². The third-order valence-corrected chi connectivity index (χ3v) is 7.04. The summed E-state index contributed by atoms with van der Waals surface area (Å²) in [6.45, 7) is 8.12. The second kappa shape index (κ2) is 11.0. The molecule has 2 unspecified atom stereocenters. The van der Waals surface area contributed by atoms with E-state index in [1.807, 2.05) is 39.2 Å². The van der Waals surface area contributed by atoms with Crippen LogP contribution in [0.3, 0.4) is 0 Å². The van der Waals surface area contributed by atoms with Gasteiger partial charge in [0.15, 0.2) is 16.8 Å². The molecule has 0 aliphatic carbocycles. The van der Waals surface area contributed by atoms with E-state index >= 15 is 0 Å². The normalized spacial score (nSPS) is 13.2. The summed E-state index contributed by atoms with van der Waals surface area (Å²) in [6.07, 6.45) is 0.885. The first-order valence-corrected chi connectivity index (χ1v) is 12.2. The van der Waals surface area contributed by atoms with Crippen molar-refractivity contribution in [2.75, 3.05) is 21.2 Å². The van der Waals surface area contributed by atoms with E-state index in [9.17, 15) is 9.59 Å². The average Bonchev–Trinajstić information content (AvgIpc) is 3.33. The molecule has 0 radical (unpaired) electrons. The van der Waals surface area contributed by atoms with E-state index in [1.54, 1.807) is 13.8 Å². The number of ketones is 1. The molecule has 0 aliphatic heterocycles. The van der Waals surface area contributed by atoms with Crippen molar-refractivity contribution in [2.45, 2.75) is 57.1 Å². The van der Waals surface area contributed by atoms with Crippen molar-refractivity contribution < 1.29 is 14.3 Å². The summed E-state index contributed by atoms with van der Waals surface area (Å²) >= 11 is 1.38. The zero-order valence-corrected chi connectivity index (χ0v) is 21.7. The number of esters is 1. The molecule has 0 aliphatic rings. The first-order chi connectivity index (χ1) is 16.2. The molecule has 2 aromatic heterocycles. The molecule has 9 heteroatoms. The molecule has 0 saturated heterocycles. The van der Waals surface area contributed by atoms with Crippen LogP contribution in [-0.4, -0.2) is 62.9 Å². The minimum absolute atomic E-state index is 0.101. The van der Waals surface area contributed by atoms with Crippen molar-refractivity contribution in [3.05, 3.63) is 64.2 Å². The molecular formula is C25H33N5O3S. The van der Waals surface area contributed by atoms with E-state index in [0.717, 1.165) is 17.8 Å². The number of aryl methyl sites for hydroxylation is 1. The zero-order chi connectivity index (χ0) is 25.0. The number of methoxy groups -OCH3 is 1. The van der Waals surface area contributed by atoms with Gasteiger partial charge in [-0.05, 0) is 52.4 Å². The third-order valence-electron chi connectivity index (χ3n) is 5.96. The van der Waals surface area contributed by atoms with Crippen molar-refractivity contribution in [1.82, 2.24) is 24.6 Å². The topological polar surface area (TPSA) is 93.1 Å². The van der Waals surface area contributed by atoms with Crippen LogP contribution < -0.4 is 0 Å². The molecule has 3 aromatic rings. The number of hydrogen-bond acceptors (Lipinski definition) is 7. The lowest BCUT2D eigenvalue weighted by Crippen LogP contribution is -2.24. The Morgan fingerprint density at radius 1 is 1.18 bits per heavy atom. The Bertz CT molecular complexity index is 1150. The molecule has 0 saturated carbocycles. The summed E-state index contributed by atoms with van der Waals surface area (Å²) in [5.41, 5.74) is 3.20. The molecule has 0 spiro atoms. The van der Waals surface area contributed by atoms with Crippen LogP contribution >= 0.6 is 11.8 Å². The Morgan fingerprint density at radius 3 is 2.44 bits per heavy atom. The highest BCUT2D eigenvalue weighted by Gasteiger charge is 2.28. The number of carbonyl (C=O) groups is 2. The number of ether oxygens (including phenoxy) is 1. The van der Waals surface area contributed by atoms with Gasteiger partial charge in [0.25, 0.3) is 0 Å². The number of nitrogens with zero attached hydrogens (tertiary/aromatic N) is 4. The van der Waals surface area contributed by atoms with Crippen LogP contribution in [0.25, 0.3) is 0 Å². The number of benzene rings is 1. The van der Waals surface area contributed by atoms with Gasteiger partial charge in [0.1, 0.15) is 0 Å². The fourth-order valence-electron chi connectivity index (χ4n) is 4.15. The predicted octanol–water partition coefficient (Wildman–Crippen LogP) is 4.43. The van der Waals surface area contributed by atoms with Crippen LogP contribution in [0.5, 0.6) is 0 Å². The Hall–Kier alpha value is -2.91. The van der Waals surface area contributed by atoms with Gasteiger partial charge in [0.05, 0.1) is 36.2 Å². The molecule has 0 amide bonds. The number of aromatic nitrogens is 4. The van der Waals surface area contributed by atoms with Crippen molar-refractivity contribution in [2.24, 2.45) is 0 Å². The summed E-state index contributed by atoms with van der Waals surface area (Å²) in [4.78, 5) is 30.7. The second-order valence-corrected chi connectivity index (χ2v) is 9.85. The highest BCUT2D eigenvalue weighted by atomic mass is 32.2. The van der Waals surface area contributed by atoms with Crippen LogP contribution in [0.2, 0.25) is 0 Å². The fraction of sp³-hybridized carbons (Fsp3) is 0.440. The maximum absolute atomic E-state index is 13.4. The molecule has 182 valence electrons. The van der Waals surface area contributed by atoms with E-state index in [4.69, 9.17) is 4.74 Å². The highest BCUT2D eigenvalue weighted by Crippen LogP contribution is 2.31. The number of H-pyrrole nitrogens is 1. The molecule has 8 nitrogen and oxygen atoms in total. The maximum atomic E-state index is 13.4. The smallest absolute Gasteiger partial charge is 0.339 e. The largest absolute Gasteiger partial charge is 0.465 e. The lowest BCUT2D eigenvalue weighted by atomic mass is 10.1. The van der Waals surface area contributed by atoms with E-state index in [-0.39, 0.29) is 11.8 Å². The van der Waals surface area contributed by atoms with Gasteiger partial charge in [-0.25, -0.2) is 4.79 Å². The minimum atomic E-state index is -0.452. The van der Waals surface area contributed by atoms with Gasteiger partial charge in [-0.15, -0.1) is 10.2 Å². The quantitative estimate of drug-likeness (QED) is 0.259. The van der Waals surface area contributed by atoms with Crippen molar-refractivity contribution in [1.29, 1.82) is 0 Å². The third kappa shape index (κ3) is 5.26. The van der Waals surface area contributed by atoms with E-state index in [1.165, 1.54) is 18.9 Å². The monoisotopic (exact) mass is 483 g/mol. The van der Waals surface area contributed by atoms with E-state index < -0.39 is 11.2 Å². The lowest BCUT2D eigenvalue weighted by molar-refractivity contribution is 0.0599. The van der Waals surface area contributed by atoms with Crippen molar-refractivity contribution in [3.63, 3.8) is 0 Å². The van der Waals surface area contributed by atoms with Gasteiger partial charge in [-0.3, -0.25) is 9.69 Å². The van der Waals surface area contributed by atoms with E-state index in [0.29, 0.717) is 34.2 Å². The summed E-state index contributed by atoms with van der Waals surface area (Å²) in [6, 6.07) is 10.3. The highest BCUT2D eigenvalue weighted by molar-refractivity contribution is 8.00. The number of rotatable bonds is 10. The van der Waals surface area contributed by atoms with E-state index in [2.05, 4.69) is 43.7 Å². The van der Waals surface area contributed by atoms with Gasteiger partial charge >= 0.3 is 5.97 Å². The molecule has 0 fully saturated rings. The Morgan fingerprint density at radius 2 is 1.85 bits per heavy atom. The number of Topliss-reactive ketones (excluding diaryl/α,β-unsaturated/α-hetero) is 1. The van der Waals surface area contributed by atoms with Crippen LogP contribution in [0.15, 0.2) is 35.5 Å². The molecule has 3 rings (SSSR count). The molecular weight excluding hydrogens is 450 g/mol. The standard InChI is InChI=1S/C25H33N5O3S/c1-8-19(29(5)6)23-27-28-25(30(23)14-18-12-10-9-11-13-18)34-17(4)22(31)21-15(2)20(16(3)26-21)24(32)33-7/h9-13,17,19,26H,8,14H2,1-7H3. The first kappa shape index (κ1) is 25.7. The SMILES string of the molecule is CCC(c1nnc(SC(C)C(=O)c2[nH]c(C)c(C(=O)OC)c2C)n1Cc1ccccc1)N(C)C. The molecule has 2 heterocycles. The summed E-state index contributed by atoms with van der Waals surface area (Å²) in [5, 5.41) is 9.26.